The van der Waals surface area contributed by atoms with Gasteiger partial charge in [0, 0.05) is 24.0 Å². The third-order valence-corrected chi connectivity index (χ3v) is 6.87. The molecular formula is C13H11ClS3. The van der Waals surface area contributed by atoms with E-state index in [0.29, 0.717) is 0 Å². The Labute approximate surface area is 117 Å². The van der Waals surface area contributed by atoms with E-state index in [-0.39, 0.29) is 5.38 Å². The second-order valence-electron chi connectivity index (χ2n) is 3.82. The van der Waals surface area contributed by atoms with Crippen LogP contribution in [0.15, 0.2) is 29.6 Å². The molecule has 88 valence electrons. The minimum atomic E-state index is 0.0184. The van der Waals surface area contributed by atoms with Gasteiger partial charge in [-0.2, -0.15) is 0 Å². The number of rotatable bonds is 3. The normalized spacial score (nSPS) is 13.3. The highest BCUT2D eigenvalue weighted by Crippen LogP contribution is 2.40. The lowest BCUT2D eigenvalue weighted by Gasteiger charge is -2.03. The number of halogens is 1. The molecule has 3 aromatic rings. The summed E-state index contributed by atoms with van der Waals surface area (Å²) in [6.07, 6.45) is 1.09. The summed E-state index contributed by atoms with van der Waals surface area (Å²) in [6, 6.07) is 8.75. The topological polar surface area (TPSA) is 0 Å². The lowest BCUT2D eigenvalue weighted by Crippen LogP contribution is -1.84. The van der Waals surface area contributed by atoms with Crippen molar-refractivity contribution in [2.24, 2.45) is 0 Å². The van der Waals surface area contributed by atoms with Gasteiger partial charge in [-0.3, -0.25) is 0 Å². The molecule has 1 unspecified atom stereocenters. The van der Waals surface area contributed by atoms with Crippen molar-refractivity contribution in [3.05, 3.63) is 44.3 Å². The molecule has 0 saturated heterocycles. The van der Waals surface area contributed by atoms with Crippen LogP contribution in [0, 0.1) is 0 Å². The van der Waals surface area contributed by atoms with Crippen molar-refractivity contribution < 1.29 is 0 Å². The molecule has 0 N–H and O–H groups in total. The SMILES string of the molecule is CCc1ccc(C(Cl)c2cc3sccc3s2)s1. The van der Waals surface area contributed by atoms with Gasteiger partial charge in [0.15, 0.2) is 0 Å². The van der Waals surface area contributed by atoms with Crippen LogP contribution in [0.1, 0.15) is 26.9 Å². The minimum Gasteiger partial charge on any atom is -0.143 e. The molecule has 4 heteroatoms. The Morgan fingerprint density at radius 2 is 2.00 bits per heavy atom. The molecule has 0 spiro atoms. The zero-order chi connectivity index (χ0) is 11.8. The van der Waals surface area contributed by atoms with E-state index in [1.165, 1.54) is 24.0 Å². The third kappa shape index (κ3) is 2.17. The van der Waals surface area contributed by atoms with Crippen LogP contribution < -0.4 is 0 Å². The summed E-state index contributed by atoms with van der Waals surface area (Å²) in [7, 11) is 0. The summed E-state index contributed by atoms with van der Waals surface area (Å²) in [6.45, 7) is 2.18. The first-order chi connectivity index (χ1) is 8.28. The number of hydrogen-bond donors (Lipinski definition) is 0. The van der Waals surface area contributed by atoms with Gasteiger partial charge in [-0.15, -0.1) is 45.6 Å². The number of thiophene rings is 3. The average Bonchev–Trinajstić information content (AvgIpc) is 3.02. The molecular weight excluding hydrogens is 288 g/mol. The molecule has 0 aromatic carbocycles. The van der Waals surface area contributed by atoms with E-state index in [0.717, 1.165) is 6.42 Å². The molecule has 17 heavy (non-hydrogen) atoms. The van der Waals surface area contributed by atoms with Gasteiger partial charge in [-0.1, -0.05) is 6.92 Å². The second kappa shape index (κ2) is 4.73. The van der Waals surface area contributed by atoms with Crippen LogP contribution in [-0.4, -0.2) is 0 Å². The molecule has 3 rings (SSSR count). The van der Waals surface area contributed by atoms with E-state index in [9.17, 15) is 0 Å². The van der Waals surface area contributed by atoms with Crippen LogP contribution in [0.2, 0.25) is 0 Å². The van der Waals surface area contributed by atoms with Crippen LogP contribution >= 0.6 is 45.6 Å². The van der Waals surface area contributed by atoms with Gasteiger partial charge in [-0.05, 0) is 36.1 Å². The highest BCUT2D eigenvalue weighted by atomic mass is 35.5. The summed E-state index contributed by atoms with van der Waals surface area (Å²) in [5.74, 6) is 0. The fourth-order valence-corrected chi connectivity index (χ4v) is 5.31. The molecule has 0 fully saturated rings. The van der Waals surface area contributed by atoms with Crippen molar-refractivity contribution >= 4 is 55.0 Å². The van der Waals surface area contributed by atoms with E-state index in [1.54, 1.807) is 11.3 Å². The second-order valence-corrected chi connectivity index (χ2v) is 7.52. The molecule has 0 nitrogen and oxygen atoms in total. The van der Waals surface area contributed by atoms with E-state index >= 15 is 0 Å². The zero-order valence-electron chi connectivity index (χ0n) is 9.27. The number of aryl methyl sites for hydroxylation is 1. The van der Waals surface area contributed by atoms with E-state index in [1.807, 2.05) is 22.7 Å². The standard InChI is InChI=1S/C13H11ClS3/c1-2-8-3-4-10(16-8)13(14)12-7-11-9(17-12)5-6-15-11/h3-7,13H,2H2,1H3. The van der Waals surface area contributed by atoms with E-state index < -0.39 is 0 Å². The van der Waals surface area contributed by atoms with Gasteiger partial charge in [-0.25, -0.2) is 0 Å². The highest BCUT2D eigenvalue weighted by molar-refractivity contribution is 7.27. The number of hydrogen-bond acceptors (Lipinski definition) is 3. The number of fused-ring (bicyclic) bond motifs is 1. The lowest BCUT2D eigenvalue weighted by atomic mass is 10.3. The maximum absolute atomic E-state index is 6.56. The molecule has 3 heterocycles. The first-order valence-corrected chi connectivity index (χ1v) is 8.42. The maximum Gasteiger partial charge on any atom is 0.102 e. The Balaban J connectivity index is 1.95. The van der Waals surface area contributed by atoms with E-state index in [4.69, 9.17) is 11.6 Å². The zero-order valence-corrected chi connectivity index (χ0v) is 12.5. The smallest absolute Gasteiger partial charge is 0.102 e. The van der Waals surface area contributed by atoms with Gasteiger partial charge in [0.05, 0.1) is 0 Å². The Morgan fingerprint density at radius 1 is 1.12 bits per heavy atom. The minimum absolute atomic E-state index is 0.0184. The molecule has 1 atom stereocenters. The lowest BCUT2D eigenvalue weighted by molar-refractivity contribution is 1.19. The van der Waals surface area contributed by atoms with Crippen LogP contribution in [0.3, 0.4) is 0 Å². The van der Waals surface area contributed by atoms with Gasteiger partial charge < -0.3 is 0 Å². The maximum atomic E-state index is 6.56. The molecule has 0 radical (unpaired) electrons. The Hall–Kier alpha value is -0.350. The van der Waals surface area contributed by atoms with Crippen LogP contribution in [0.4, 0.5) is 0 Å². The van der Waals surface area contributed by atoms with Gasteiger partial charge >= 0.3 is 0 Å². The largest absolute Gasteiger partial charge is 0.143 e. The van der Waals surface area contributed by atoms with Crippen LogP contribution in [0.25, 0.3) is 9.40 Å². The van der Waals surface area contributed by atoms with Crippen molar-refractivity contribution in [2.45, 2.75) is 18.7 Å². The van der Waals surface area contributed by atoms with Crippen molar-refractivity contribution in [2.75, 3.05) is 0 Å². The highest BCUT2D eigenvalue weighted by Gasteiger charge is 2.16. The van der Waals surface area contributed by atoms with Crippen LogP contribution in [0.5, 0.6) is 0 Å². The van der Waals surface area contributed by atoms with Gasteiger partial charge in [0.2, 0.25) is 0 Å². The molecule has 3 aromatic heterocycles. The predicted octanol–water partition coefficient (Wildman–Crippen LogP) is 5.91. The number of alkyl halides is 1. The average molecular weight is 299 g/mol. The van der Waals surface area contributed by atoms with Gasteiger partial charge in [0.1, 0.15) is 5.38 Å². The van der Waals surface area contributed by atoms with Crippen molar-refractivity contribution in [1.82, 2.24) is 0 Å². The third-order valence-electron chi connectivity index (χ3n) is 2.69. The molecule has 0 bridgehead atoms. The Bertz CT molecular complexity index is 603. The predicted molar refractivity (Wildman–Crippen MR) is 81.1 cm³/mol. The van der Waals surface area contributed by atoms with E-state index in [2.05, 4.69) is 36.6 Å². The summed E-state index contributed by atoms with van der Waals surface area (Å²) < 4.78 is 2.70. The molecule has 0 aliphatic carbocycles. The molecule has 0 amide bonds. The summed E-state index contributed by atoms with van der Waals surface area (Å²) in [5, 5.41) is 2.15. The summed E-state index contributed by atoms with van der Waals surface area (Å²) in [5.41, 5.74) is 0. The molecule has 0 aliphatic heterocycles. The molecule has 0 saturated carbocycles. The molecule has 0 aliphatic rings. The Kier molecular flexibility index (Phi) is 3.26. The van der Waals surface area contributed by atoms with Crippen molar-refractivity contribution in [3.8, 4) is 0 Å². The van der Waals surface area contributed by atoms with Gasteiger partial charge in [0.25, 0.3) is 0 Å². The monoisotopic (exact) mass is 298 g/mol. The van der Waals surface area contributed by atoms with Crippen molar-refractivity contribution in [1.29, 1.82) is 0 Å². The summed E-state index contributed by atoms with van der Waals surface area (Å²) >= 11 is 12.0. The first-order valence-electron chi connectivity index (χ1n) is 5.47. The summed E-state index contributed by atoms with van der Waals surface area (Å²) in [4.78, 5) is 3.93. The van der Waals surface area contributed by atoms with Crippen LogP contribution in [-0.2, 0) is 6.42 Å². The fraction of sp³-hybridized carbons (Fsp3) is 0.231. The quantitative estimate of drug-likeness (QED) is 0.527. The first kappa shape index (κ1) is 11.7. The Morgan fingerprint density at radius 3 is 2.71 bits per heavy atom. The fourth-order valence-electron chi connectivity index (χ4n) is 1.77. The van der Waals surface area contributed by atoms with Crippen molar-refractivity contribution in [3.63, 3.8) is 0 Å².